The number of nitriles is 1. The molecule has 17 heavy (non-hydrogen) atoms. The second-order valence-corrected chi connectivity index (χ2v) is 4.18. The molecular weight excluding hydrogens is 222 g/mol. The maximum atomic E-state index is 11.3. The maximum absolute atomic E-state index is 11.3. The van der Waals surface area contributed by atoms with Crippen LogP contribution in [0.4, 0.5) is 0 Å². The first-order chi connectivity index (χ1) is 8.19. The van der Waals surface area contributed by atoms with E-state index in [-0.39, 0.29) is 25.0 Å². The molecule has 6 nitrogen and oxygen atoms in total. The fourth-order valence-corrected chi connectivity index (χ4v) is 2.13. The van der Waals surface area contributed by atoms with Crippen LogP contribution in [0.15, 0.2) is 0 Å². The summed E-state index contributed by atoms with van der Waals surface area (Å²) in [5.74, 6) is -1.04. The van der Waals surface area contributed by atoms with Gasteiger partial charge in [0.15, 0.2) is 0 Å². The molecule has 3 N–H and O–H groups in total. The number of carbonyl (C=O) groups is 2. The Morgan fingerprint density at radius 2 is 1.88 bits per heavy atom. The van der Waals surface area contributed by atoms with Crippen LogP contribution >= 0.6 is 0 Å². The fourth-order valence-electron chi connectivity index (χ4n) is 2.13. The van der Waals surface area contributed by atoms with Crippen molar-refractivity contribution in [1.29, 1.82) is 5.26 Å². The highest BCUT2D eigenvalue weighted by atomic mass is 16.3. The molecule has 0 heterocycles. The Morgan fingerprint density at radius 3 is 2.53 bits per heavy atom. The summed E-state index contributed by atoms with van der Waals surface area (Å²) in [7, 11) is 0. The van der Waals surface area contributed by atoms with Gasteiger partial charge in [-0.1, -0.05) is 6.42 Å². The van der Waals surface area contributed by atoms with Gasteiger partial charge in [0.05, 0.1) is 6.07 Å². The molecule has 0 aliphatic heterocycles. The monoisotopic (exact) mass is 239 g/mol. The molecule has 0 aromatic heterocycles. The summed E-state index contributed by atoms with van der Waals surface area (Å²) >= 11 is 0. The molecule has 2 atom stereocenters. The molecule has 0 aromatic rings. The van der Waals surface area contributed by atoms with Gasteiger partial charge in [-0.2, -0.15) is 5.26 Å². The average molecular weight is 239 g/mol. The van der Waals surface area contributed by atoms with Crippen molar-refractivity contribution < 1.29 is 14.7 Å². The molecule has 1 aliphatic rings. The van der Waals surface area contributed by atoms with Gasteiger partial charge in [-0.25, -0.2) is 0 Å². The van der Waals surface area contributed by atoms with E-state index in [0.29, 0.717) is 6.54 Å². The van der Waals surface area contributed by atoms with Crippen molar-refractivity contribution in [2.24, 2.45) is 11.8 Å². The first kappa shape index (κ1) is 13.5. The number of carbonyl (C=O) groups excluding carboxylic acids is 2. The van der Waals surface area contributed by atoms with Gasteiger partial charge in [0.1, 0.15) is 6.54 Å². The zero-order chi connectivity index (χ0) is 12.7. The normalized spacial score (nSPS) is 22.8. The molecule has 0 radical (unpaired) electrons. The summed E-state index contributed by atoms with van der Waals surface area (Å²) in [5.41, 5.74) is 0. The summed E-state index contributed by atoms with van der Waals surface area (Å²) in [6.07, 6.45) is 2.98. The molecule has 94 valence electrons. The van der Waals surface area contributed by atoms with E-state index < -0.39 is 11.8 Å². The SMILES string of the molecule is N#CCNC(=O)C(=O)NCC1CCCC1CO. The van der Waals surface area contributed by atoms with Gasteiger partial charge >= 0.3 is 11.8 Å². The summed E-state index contributed by atoms with van der Waals surface area (Å²) in [6, 6.07) is 1.72. The van der Waals surface area contributed by atoms with E-state index in [0.717, 1.165) is 19.3 Å². The fraction of sp³-hybridized carbons (Fsp3) is 0.727. The van der Waals surface area contributed by atoms with E-state index in [1.807, 2.05) is 0 Å². The first-order valence-corrected chi connectivity index (χ1v) is 5.73. The largest absolute Gasteiger partial charge is 0.396 e. The van der Waals surface area contributed by atoms with Gasteiger partial charge in [0.2, 0.25) is 0 Å². The molecule has 1 fully saturated rings. The molecule has 1 saturated carbocycles. The number of hydrogen-bond donors (Lipinski definition) is 3. The van der Waals surface area contributed by atoms with Crippen LogP contribution in [-0.4, -0.2) is 36.6 Å². The molecule has 1 aliphatic carbocycles. The smallest absolute Gasteiger partial charge is 0.310 e. The number of rotatable bonds is 4. The minimum Gasteiger partial charge on any atom is -0.396 e. The van der Waals surface area contributed by atoms with E-state index in [9.17, 15) is 9.59 Å². The third-order valence-electron chi connectivity index (χ3n) is 3.11. The lowest BCUT2D eigenvalue weighted by Gasteiger charge is -2.17. The van der Waals surface area contributed by atoms with E-state index >= 15 is 0 Å². The van der Waals surface area contributed by atoms with Crippen molar-refractivity contribution in [2.45, 2.75) is 19.3 Å². The maximum Gasteiger partial charge on any atom is 0.310 e. The molecule has 6 heteroatoms. The van der Waals surface area contributed by atoms with E-state index in [2.05, 4.69) is 10.6 Å². The predicted octanol–water partition coefficient (Wildman–Crippen LogP) is -0.849. The van der Waals surface area contributed by atoms with Crippen molar-refractivity contribution in [3.63, 3.8) is 0 Å². The lowest BCUT2D eigenvalue weighted by atomic mass is 9.97. The average Bonchev–Trinajstić information content (AvgIpc) is 2.80. The number of amides is 2. The molecule has 0 saturated heterocycles. The molecular formula is C11H17N3O3. The number of nitrogens with zero attached hydrogens (tertiary/aromatic N) is 1. The number of aliphatic hydroxyl groups is 1. The standard InChI is InChI=1S/C11H17N3O3/c12-4-5-13-10(16)11(17)14-6-8-2-1-3-9(8)7-15/h8-9,15H,1-3,5-7H2,(H,13,16)(H,14,17). The lowest BCUT2D eigenvalue weighted by molar-refractivity contribution is -0.139. The van der Waals surface area contributed by atoms with Gasteiger partial charge in [-0.3, -0.25) is 9.59 Å². The highest BCUT2D eigenvalue weighted by Gasteiger charge is 2.27. The van der Waals surface area contributed by atoms with Crippen LogP contribution in [0.25, 0.3) is 0 Å². The van der Waals surface area contributed by atoms with Crippen LogP contribution in [0.2, 0.25) is 0 Å². The third-order valence-corrected chi connectivity index (χ3v) is 3.11. The highest BCUT2D eigenvalue weighted by molar-refractivity contribution is 6.35. The highest BCUT2D eigenvalue weighted by Crippen LogP contribution is 2.30. The van der Waals surface area contributed by atoms with Crippen LogP contribution in [0.5, 0.6) is 0 Å². The molecule has 0 bridgehead atoms. The Labute approximate surface area is 100.0 Å². The second kappa shape index (κ2) is 6.86. The van der Waals surface area contributed by atoms with E-state index in [1.54, 1.807) is 6.07 Å². The summed E-state index contributed by atoms with van der Waals surface area (Å²) < 4.78 is 0. The Hall–Kier alpha value is -1.61. The summed E-state index contributed by atoms with van der Waals surface area (Å²) in [5, 5.41) is 22.0. The van der Waals surface area contributed by atoms with Crippen molar-refractivity contribution in [1.82, 2.24) is 10.6 Å². The molecule has 2 amide bonds. The van der Waals surface area contributed by atoms with Crippen molar-refractivity contribution in [2.75, 3.05) is 19.7 Å². The summed E-state index contributed by atoms with van der Waals surface area (Å²) in [6.45, 7) is 0.361. The first-order valence-electron chi connectivity index (χ1n) is 5.73. The van der Waals surface area contributed by atoms with Crippen LogP contribution < -0.4 is 10.6 Å². The van der Waals surface area contributed by atoms with Crippen LogP contribution in [0.3, 0.4) is 0 Å². The summed E-state index contributed by atoms with van der Waals surface area (Å²) in [4.78, 5) is 22.4. The Balaban J connectivity index is 2.28. The van der Waals surface area contributed by atoms with Crippen molar-refractivity contribution in [3.05, 3.63) is 0 Å². The molecule has 0 aromatic carbocycles. The molecule has 1 rings (SSSR count). The van der Waals surface area contributed by atoms with Gasteiger partial charge in [-0.05, 0) is 24.7 Å². The van der Waals surface area contributed by atoms with Gasteiger partial charge in [-0.15, -0.1) is 0 Å². The Morgan fingerprint density at radius 1 is 1.24 bits per heavy atom. The minimum absolute atomic E-state index is 0.126. The van der Waals surface area contributed by atoms with E-state index in [4.69, 9.17) is 10.4 Å². The van der Waals surface area contributed by atoms with Crippen LogP contribution in [0, 0.1) is 23.2 Å². The number of aliphatic hydroxyl groups excluding tert-OH is 1. The lowest BCUT2D eigenvalue weighted by Crippen LogP contribution is -2.42. The Bertz CT molecular complexity index is 324. The second-order valence-electron chi connectivity index (χ2n) is 4.18. The van der Waals surface area contributed by atoms with Gasteiger partial charge < -0.3 is 15.7 Å². The van der Waals surface area contributed by atoms with Crippen LogP contribution in [0.1, 0.15) is 19.3 Å². The van der Waals surface area contributed by atoms with Gasteiger partial charge in [0, 0.05) is 13.2 Å². The predicted molar refractivity (Wildman–Crippen MR) is 59.5 cm³/mol. The number of hydrogen-bond acceptors (Lipinski definition) is 4. The zero-order valence-electron chi connectivity index (χ0n) is 9.61. The number of nitrogens with one attached hydrogen (secondary N) is 2. The quantitative estimate of drug-likeness (QED) is 0.439. The topological polar surface area (TPSA) is 102 Å². The molecule has 0 spiro atoms. The van der Waals surface area contributed by atoms with E-state index in [1.165, 1.54) is 0 Å². The third kappa shape index (κ3) is 4.04. The molecule has 2 unspecified atom stereocenters. The minimum atomic E-state index is -0.787. The van der Waals surface area contributed by atoms with Crippen molar-refractivity contribution >= 4 is 11.8 Å². The van der Waals surface area contributed by atoms with Gasteiger partial charge in [0.25, 0.3) is 0 Å². The van der Waals surface area contributed by atoms with Crippen LogP contribution in [-0.2, 0) is 9.59 Å². The zero-order valence-corrected chi connectivity index (χ0v) is 9.61. The Kier molecular flexibility index (Phi) is 5.43. The van der Waals surface area contributed by atoms with Crippen molar-refractivity contribution in [3.8, 4) is 6.07 Å².